The Morgan fingerprint density at radius 2 is 1.87 bits per heavy atom. The summed E-state index contributed by atoms with van der Waals surface area (Å²) in [5.41, 5.74) is 6.11. The van der Waals surface area contributed by atoms with Gasteiger partial charge in [0.2, 0.25) is 6.41 Å². The molecular formula is C12H12N2O. The Kier molecular flexibility index (Phi) is 4.04. The summed E-state index contributed by atoms with van der Waals surface area (Å²) in [6.45, 7) is 3.68. The van der Waals surface area contributed by atoms with Crippen LogP contribution >= 0.6 is 0 Å². The minimum Gasteiger partial charge on any atom is -0.372 e. The fourth-order valence-corrected chi connectivity index (χ4v) is 1.20. The number of carbonyl (C=O) groups excluding carboxylic acids is 1. The van der Waals surface area contributed by atoms with Gasteiger partial charge in [0.1, 0.15) is 0 Å². The van der Waals surface area contributed by atoms with Crippen molar-refractivity contribution in [2.45, 2.75) is 0 Å². The highest BCUT2D eigenvalue weighted by atomic mass is 16.1. The summed E-state index contributed by atoms with van der Waals surface area (Å²) in [6.07, 6.45) is 2.01. The number of carbonyl (C=O) groups is 1. The maximum absolute atomic E-state index is 8.58. The monoisotopic (exact) mass is 200 g/mol. The molecule has 15 heavy (non-hydrogen) atoms. The lowest BCUT2D eigenvalue weighted by atomic mass is 10.2. The van der Waals surface area contributed by atoms with Crippen LogP contribution < -0.4 is 5.73 Å². The van der Waals surface area contributed by atoms with Crippen LogP contribution in [0.1, 0.15) is 5.69 Å². The highest BCUT2D eigenvalue weighted by Crippen LogP contribution is 2.11. The van der Waals surface area contributed by atoms with E-state index in [2.05, 4.69) is 29.4 Å². The molecule has 0 aliphatic carbocycles. The largest absolute Gasteiger partial charge is 0.372 e. The van der Waals surface area contributed by atoms with Gasteiger partial charge < -0.3 is 5.73 Å². The van der Waals surface area contributed by atoms with Crippen LogP contribution in [0.5, 0.6) is 0 Å². The van der Waals surface area contributed by atoms with Gasteiger partial charge in [0.25, 0.3) is 0 Å². The standard InChI is InChI=1S/C11H9N.CH3NO/c1-2-10-8-7-9-5-3-4-6-11(9)12-10;2-1-3/h2-8H,1H2;1H,(H2,2,3). The van der Waals surface area contributed by atoms with E-state index in [0.29, 0.717) is 0 Å². The zero-order chi connectivity index (χ0) is 11.1. The van der Waals surface area contributed by atoms with E-state index in [1.54, 1.807) is 6.08 Å². The zero-order valence-electron chi connectivity index (χ0n) is 8.26. The molecule has 2 rings (SSSR count). The maximum Gasteiger partial charge on any atom is 0.204 e. The highest BCUT2D eigenvalue weighted by Gasteiger charge is 1.92. The van der Waals surface area contributed by atoms with Gasteiger partial charge in [-0.3, -0.25) is 4.79 Å². The number of nitrogens with zero attached hydrogens (tertiary/aromatic N) is 1. The molecule has 0 spiro atoms. The second-order valence-corrected chi connectivity index (χ2v) is 2.77. The third-order valence-electron chi connectivity index (χ3n) is 1.83. The summed E-state index contributed by atoms with van der Waals surface area (Å²) in [7, 11) is 0. The SMILES string of the molecule is C=Cc1ccc2ccccc2n1.NC=O. The van der Waals surface area contributed by atoms with Gasteiger partial charge in [0, 0.05) is 5.39 Å². The van der Waals surface area contributed by atoms with Crippen molar-refractivity contribution in [3.63, 3.8) is 0 Å². The highest BCUT2D eigenvalue weighted by molar-refractivity contribution is 5.79. The smallest absolute Gasteiger partial charge is 0.204 e. The van der Waals surface area contributed by atoms with Crippen LogP contribution in [0, 0.1) is 0 Å². The number of benzene rings is 1. The maximum atomic E-state index is 8.58. The molecule has 0 aliphatic heterocycles. The van der Waals surface area contributed by atoms with Gasteiger partial charge in [-0.2, -0.15) is 0 Å². The van der Waals surface area contributed by atoms with E-state index in [-0.39, 0.29) is 6.41 Å². The van der Waals surface area contributed by atoms with Crippen molar-refractivity contribution in [1.82, 2.24) is 4.98 Å². The van der Waals surface area contributed by atoms with E-state index in [4.69, 9.17) is 4.79 Å². The number of primary amides is 1. The van der Waals surface area contributed by atoms with Gasteiger partial charge in [-0.15, -0.1) is 0 Å². The minimum absolute atomic E-state index is 0.250. The average molecular weight is 200 g/mol. The Balaban J connectivity index is 0.000000337. The molecule has 2 aromatic rings. The lowest BCUT2D eigenvalue weighted by Gasteiger charge is -1.96. The Labute approximate surface area is 88.2 Å². The molecule has 0 fully saturated rings. The molecule has 0 saturated heterocycles. The van der Waals surface area contributed by atoms with Gasteiger partial charge in [-0.05, 0) is 18.2 Å². The van der Waals surface area contributed by atoms with Crippen molar-refractivity contribution < 1.29 is 4.79 Å². The van der Waals surface area contributed by atoms with E-state index in [1.165, 1.54) is 5.39 Å². The van der Waals surface area contributed by atoms with Crippen molar-refractivity contribution in [3.8, 4) is 0 Å². The summed E-state index contributed by atoms with van der Waals surface area (Å²) in [6, 6.07) is 12.1. The number of hydrogen-bond donors (Lipinski definition) is 1. The molecule has 0 saturated carbocycles. The van der Waals surface area contributed by atoms with Crippen LogP contribution in [0.15, 0.2) is 43.0 Å². The van der Waals surface area contributed by atoms with Gasteiger partial charge in [0.15, 0.2) is 0 Å². The molecule has 1 heterocycles. The molecule has 1 amide bonds. The topological polar surface area (TPSA) is 56.0 Å². The third-order valence-corrected chi connectivity index (χ3v) is 1.83. The van der Waals surface area contributed by atoms with E-state index in [1.807, 2.05) is 24.3 Å². The predicted molar refractivity (Wildman–Crippen MR) is 62.1 cm³/mol. The van der Waals surface area contributed by atoms with Crippen molar-refractivity contribution >= 4 is 23.4 Å². The number of pyridine rings is 1. The van der Waals surface area contributed by atoms with E-state index in [0.717, 1.165) is 11.2 Å². The normalized spacial score (nSPS) is 8.80. The second kappa shape index (κ2) is 5.54. The number of para-hydroxylation sites is 1. The number of nitrogens with two attached hydrogens (primary N) is 1. The number of fused-ring (bicyclic) bond motifs is 1. The first-order valence-electron chi connectivity index (χ1n) is 4.45. The summed E-state index contributed by atoms with van der Waals surface area (Å²) < 4.78 is 0. The average Bonchev–Trinajstić information content (AvgIpc) is 2.29. The summed E-state index contributed by atoms with van der Waals surface area (Å²) in [5, 5.41) is 1.17. The van der Waals surface area contributed by atoms with E-state index < -0.39 is 0 Å². The summed E-state index contributed by atoms with van der Waals surface area (Å²) in [4.78, 5) is 13.0. The lowest BCUT2D eigenvalue weighted by molar-refractivity contribution is -0.106. The third kappa shape index (κ3) is 2.91. The predicted octanol–water partition coefficient (Wildman–Crippen LogP) is 1.98. The molecule has 1 aromatic carbocycles. The number of amides is 1. The molecule has 0 unspecified atom stereocenters. The van der Waals surface area contributed by atoms with Crippen LogP contribution in [0.3, 0.4) is 0 Å². The first-order chi connectivity index (χ1) is 7.31. The van der Waals surface area contributed by atoms with Crippen molar-refractivity contribution in [2.75, 3.05) is 0 Å². The molecule has 3 heteroatoms. The minimum atomic E-state index is 0.250. The molecule has 76 valence electrons. The lowest BCUT2D eigenvalue weighted by Crippen LogP contribution is -1.82. The summed E-state index contributed by atoms with van der Waals surface area (Å²) >= 11 is 0. The zero-order valence-corrected chi connectivity index (χ0v) is 8.26. The first kappa shape index (κ1) is 10.9. The van der Waals surface area contributed by atoms with Crippen LogP contribution in [0.4, 0.5) is 0 Å². The van der Waals surface area contributed by atoms with Crippen LogP contribution in [0.25, 0.3) is 17.0 Å². The Morgan fingerprint density at radius 3 is 2.53 bits per heavy atom. The number of rotatable bonds is 1. The van der Waals surface area contributed by atoms with Crippen LogP contribution in [-0.2, 0) is 4.79 Å². The first-order valence-corrected chi connectivity index (χ1v) is 4.45. The van der Waals surface area contributed by atoms with E-state index >= 15 is 0 Å². The Morgan fingerprint density at radius 1 is 1.20 bits per heavy atom. The van der Waals surface area contributed by atoms with Crippen molar-refractivity contribution in [1.29, 1.82) is 0 Å². The Bertz CT molecular complexity index is 466. The molecule has 2 N–H and O–H groups in total. The Hall–Kier alpha value is -2.16. The molecule has 0 bridgehead atoms. The fourth-order valence-electron chi connectivity index (χ4n) is 1.20. The number of hydrogen-bond acceptors (Lipinski definition) is 2. The quantitative estimate of drug-likeness (QED) is 0.715. The number of aromatic nitrogens is 1. The summed E-state index contributed by atoms with van der Waals surface area (Å²) in [5.74, 6) is 0. The van der Waals surface area contributed by atoms with Gasteiger partial charge in [0.05, 0.1) is 11.2 Å². The van der Waals surface area contributed by atoms with Crippen LogP contribution in [-0.4, -0.2) is 11.4 Å². The molecule has 1 aromatic heterocycles. The molecule has 0 atom stereocenters. The van der Waals surface area contributed by atoms with Gasteiger partial charge >= 0.3 is 0 Å². The molecule has 0 radical (unpaired) electrons. The molecular weight excluding hydrogens is 188 g/mol. The molecule has 0 aliphatic rings. The van der Waals surface area contributed by atoms with Gasteiger partial charge in [-0.25, -0.2) is 4.98 Å². The fraction of sp³-hybridized carbons (Fsp3) is 0. The van der Waals surface area contributed by atoms with Crippen LogP contribution in [0.2, 0.25) is 0 Å². The van der Waals surface area contributed by atoms with Gasteiger partial charge in [-0.1, -0.05) is 30.8 Å². The second-order valence-electron chi connectivity index (χ2n) is 2.77. The van der Waals surface area contributed by atoms with Crippen molar-refractivity contribution in [3.05, 3.63) is 48.7 Å². The molecule has 3 nitrogen and oxygen atoms in total. The van der Waals surface area contributed by atoms with E-state index in [9.17, 15) is 0 Å². The van der Waals surface area contributed by atoms with Crippen molar-refractivity contribution in [2.24, 2.45) is 5.73 Å².